The van der Waals surface area contributed by atoms with Crippen molar-refractivity contribution in [2.75, 3.05) is 13.1 Å². The van der Waals surface area contributed by atoms with E-state index in [1.807, 2.05) is 5.38 Å². The summed E-state index contributed by atoms with van der Waals surface area (Å²) >= 11 is 1.29. The highest BCUT2D eigenvalue weighted by molar-refractivity contribution is 7.11. The van der Waals surface area contributed by atoms with Gasteiger partial charge < -0.3 is 5.11 Å². The zero-order valence-corrected chi connectivity index (χ0v) is 10.2. The third-order valence-corrected chi connectivity index (χ3v) is 3.71. The second kappa shape index (κ2) is 5.54. The summed E-state index contributed by atoms with van der Waals surface area (Å²) < 4.78 is 0. The second-order valence-corrected chi connectivity index (χ2v) is 4.98. The van der Waals surface area contributed by atoms with Crippen molar-refractivity contribution in [3.8, 4) is 0 Å². The van der Waals surface area contributed by atoms with Crippen molar-refractivity contribution in [1.82, 2.24) is 15.3 Å². The number of aromatic nitrogens is 1. The van der Waals surface area contributed by atoms with Crippen LogP contribution >= 0.6 is 11.3 Å². The van der Waals surface area contributed by atoms with Gasteiger partial charge >= 0.3 is 0 Å². The molecule has 0 radical (unpaired) electrons. The summed E-state index contributed by atoms with van der Waals surface area (Å²) in [7, 11) is 0. The van der Waals surface area contributed by atoms with Crippen molar-refractivity contribution in [3.63, 3.8) is 0 Å². The maximum absolute atomic E-state index is 11.2. The van der Waals surface area contributed by atoms with Gasteiger partial charge in [0.05, 0.1) is 11.8 Å². The van der Waals surface area contributed by atoms with Crippen LogP contribution in [-0.2, 0) is 6.54 Å². The number of aliphatic hydroxyl groups is 1. The Hall–Kier alpha value is -1.02. The van der Waals surface area contributed by atoms with E-state index in [9.17, 15) is 9.90 Å². The van der Waals surface area contributed by atoms with E-state index >= 15 is 0 Å². The number of rotatable bonds is 3. The molecule has 0 unspecified atom stereocenters. The lowest BCUT2D eigenvalue weighted by molar-refractivity contribution is 0.0787. The van der Waals surface area contributed by atoms with E-state index in [1.165, 1.54) is 11.3 Å². The zero-order chi connectivity index (χ0) is 12.3. The van der Waals surface area contributed by atoms with Crippen molar-refractivity contribution in [2.24, 2.45) is 5.84 Å². The molecule has 0 aromatic carbocycles. The molecule has 0 atom stereocenters. The number of nitrogens with two attached hydrogens (primary N) is 1. The fraction of sp³-hybridized carbons (Fsp3) is 0.600. The predicted octanol–water partition coefficient (Wildman–Crippen LogP) is -0.297. The minimum atomic E-state index is -0.352. The Labute approximate surface area is 103 Å². The standard InChI is InChI=1S/C10H16N4O2S/c11-13-9(16)10-12-7(6-17-10)5-14-3-1-8(15)2-4-14/h6,8,15H,1-5,11H2,(H,13,16). The summed E-state index contributed by atoms with van der Waals surface area (Å²) in [5.74, 6) is 4.69. The van der Waals surface area contributed by atoms with Crippen molar-refractivity contribution >= 4 is 17.2 Å². The van der Waals surface area contributed by atoms with Crippen LogP contribution in [0.15, 0.2) is 5.38 Å². The first-order valence-electron chi connectivity index (χ1n) is 5.55. The lowest BCUT2D eigenvalue weighted by Crippen LogP contribution is -2.35. The number of piperidine rings is 1. The number of thiazole rings is 1. The summed E-state index contributed by atoms with van der Waals surface area (Å²) in [6.07, 6.45) is 1.45. The molecule has 4 N–H and O–H groups in total. The van der Waals surface area contributed by atoms with Crippen LogP contribution in [0.4, 0.5) is 0 Å². The number of nitrogen functional groups attached to an aromatic ring is 1. The van der Waals surface area contributed by atoms with Crippen LogP contribution in [0.2, 0.25) is 0 Å². The molecular weight excluding hydrogens is 240 g/mol. The SMILES string of the molecule is NNC(=O)c1nc(CN2CCC(O)CC2)cs1. The average molecular weight is 256 g/mol. The smallest absolute Gasteiger partial charge is 0.294 e. The Morgan fingerprint density at radius 1 is 1.65 bits per heavy atom. The Balaban J connectivity index is 1.90. The van der Waals surface area contributed by atoms with Gasteiger partial charge in [0, 0.05) is 25.0 Å². The van der Waals surface area contributed by atoms with Gasteiger partial charge in [-0.3, -0.25) is 15.1 Å². The molecular formula is C10H16N4O2S. The van der Waals surface area contributed by atoms with Gasteiger partial charge in [-0.05, 0) is 12.8 Å². The highest BCUT2D eigenvalue weighted by Crippen LogP contribution is 2.15. The molecule has 17 heavy (non-hydrogen) atoms. The van der Waals surface area contributed by atoms with Crippen molar-refractivity contribution in [2.45, 2.75) is 25.5 Å². The first kappa shape index (κ1) is 12.4. The zero-order valence-electron chi connectivity index (χ0n) is 9.43. The number of carbonyl (C=O) groups is 1. The number of hydrogen-bond acceptors (Lipinski definition) is 6. The van der Waals surface area contributed by atoms with Gasteiger partial charge in [0.2, 0.25) is 0 Å². The minimum Gasteiger partial charge on any atom is -0.393 e. The quantitative estimate of drug-likeness (QED) is 0.392. The van der Waals surface area contributed by atoms with E-state index in [4.69, 9.17) is 5.84 Å². The molecule has 0 bridgehead atoms. The van der Waals surface area contributed by atoms with Crippen molar-refractivity contribution in [3.05, 3.63) is 16.1 Å². The first-order valence-corrected chi connectivity index (χ1v) is 6.43. The van der Waals surface area contributed by atoms with Crippen LogP contribution in [0.1, 0.15) is 28.3 Å². The summed E-state index contributed by atoms with van der Waals surface area (Å²) in [5.41, 5.74) is 2.95. The van der Waals surface area contributed by atoms with E-state index < -0.39 is 0 Å². The molecule has 0 saturated carbocycles. The number of amides is 1. The van der Waals surface area contributed by atoms with Crippen LogP contribution in [-0.4, -0.2) is 40.1 Å². The first-order chi connectivity index (χ1) is 8.19. The molecule has 1 saturated heterocycles. The molecule has 7 heteroatoms. The fourth-order valence-electron chi connectivity index (χ4n) is 1.85. The van der Waals surface area contributed by atoms with Crippen LogP contribution in [0.5, 0.6) is 0 Å². The largest absolute Gasteiger partial charge is 0.393 e. The van der Waals surface area contributed by atoms with Gasteiger partial charge in [0.25, 0.3) is 5.91 Å². The lowest BCUT2D eigenvalue weighted by Gasteiger charge is -2.28. The lowest BCUT2D eigenvalue weighted by atomic mass is 10.1. The molecule has 1 aromatic heterocycles. The topological polar surface area (TPSA) is 91.5 Å². The summed E-state index contributed by atoms with van der Waals surface area (Å²) in [5, 5.41) is 11.7. The third-order valence-electron chi connectivity index (χ3n) is 2.82. The average Bonchev–Trinajstić information content (AvgIpc) is 2.80. The number of likely N-dealkylation sites (tertiary alicyclic amines) is 1. The Morgan fingerprint density at radius 3 is 3.00 bits per heavy atom. The summed E-state index contributed by atoms with van der Waals surface area (Å²) in [6, 6.07) is 0. The maximum atomic E-state index is 11.2. The van der Waals surface area contributed by atoms with E-state index in [2.05, 4.69) is 15.3 Å². The monoisotopic (exact) mass is 256 g/mol. The normalized spacial score (nSPS) is 18.2. The molecule has 1 fully saturated rings. The molecule has 1 aliphatic rings. The van der Waals surface area contributed by atoms with E-state index in [1.54, 1.807) is 0 Å². The number of aliphatic hydroxyl groups excluding tert-OH is 1. The van der Waals surface area contributed by atoms with Gasteiger partial charge in [-0.15, -0.1) is 11.3 Å². The van der Waals surface area contributed by atoms with Crippen LogP contribution in [0.3, 0.4) is 0 Å². The van der Waals surface area contributed by atoms with E-state index in [0.29, 0.717) is 5.01 Å². The van der Waals surface area contributed by atoms with Gasteiger partial charge in [-0.2, -0.15) is 0 Å². The number of carbonyl (C=O) groups excluding carboxylic acids is 1. The van der Waals surface area contributed by atoms with Crippen LogP contribution in [0.25, 0.3) is 0 Å². The highest BCUT2D eigenvalue weighted by Gasteiger charge is 2.18. The fourth-order valence-corrected chi connectivity index (χ4v) is 2.56. The molecule has 2 heterocycles. The Morgan fingerprint density at radius 2 is 2.35 bits per heavy atom. The second-order valence-electron chi connectivity index (χ2n) is 4.12. The van der Waals surface area contributed by atoms with Gasteiger partial charge in [0.15, 0.2) is 5.01 Å². The van der Waals surface area contributed by atoms with Gasteiger partial charge in [-0.25, -0.2) is 10.8 Å². The molecule has 6 nitrogen and oxygen atoms in total. The maximum Gasteiger partial charge on any atom is 0.294 e. The number of nitrogens with one attached hydrogen (secondary N) is 1. The summed E-state index contributed by atoms with van der Waals surface area (Å²) in [6.45, 7) is 2.47. The molecule has 94 valence electrons. The Kier molecular flexibility index (Phi) is 4.06. The van der Waals surface area contributed by atoms with E-state index in [0.717, 1.165) is 38.2 Å². The molecule has 2 rings (SSSR count). The minimum absolute atomic E-state index is 0.166. The predicted molar refractivity (Wildman–Crippen MR) is 64.3 cm³/mol. The Bertz CT molecular complexity index is 387. The van der Waals surface area contributed by atoms with Gasteiger partial charge in [0.1, 0.15) is 0 Å². The van der Waals surface area contributed by atoms with Crippen molar-refractivity contribution in [1.29, 1.82) is 0 Å². The van der Waals surface area contributed by atoms with E-state index in [-0.39, 0.29) is 12.0 Å². The highest BCUT2D eigenvalue weighted by atomic mass is 32.1. The molecule has 1 amide bonds. The van der Waals surface area contributed by atoms with Crippen molar-refractivity contribution < 1.29 is 9.90 Å². The summed E-state index contributed by atoms with van der Waals surface area (Å²) in [4.78, 5) is 17.7. The molecule has 1 aliphatic heterocycles. The molecule has 0 spiro atoms. The molecule has 0 aliphatic carbocycles. The number of hydrogen-bond donors (Lipinski definition) is 3. The number of nitrogens with zero attached hydrogens (tertiary/aromatic N) is 2. The van der Waals surface area contributed by atoms with Gasteiger partial charge in [-0.1, -0.05) is 0 Å². The third kappa shape index (κ3) is 3.22. The number of hydrazine groups is 1. The van der Waals surface area contributed by atoms with Crippen LogP contribution < -0.4 is 11.3 Å². The molecule has 1 aromatic rings. The van der Waals surface area contributed by atoms with Crippen LogP contribution in [0, 0.1) is 0 Å².